The topological polar surface area (TPSA) is 75.3 Å². The quantitative estimate of drug-likeness (QED) is 0.714. The van der Waals surface area contributed by atoms with Gasteiger partial charge >= 0.3 is 0 Å². The number of carbonyl (C=O) groups is 1. The van der Waals surface area contributed by atoms with E-state index in [-0.39, 0.29) is 24.1 Å². The molecule has 1 unspecified atom stereocenters. The zero-order valence-electron chi connectivity index (χ0n) is 13.1. The summed E-state index contributed by atoms with van der Waals surface area (Å²) in [6.07, 6.45) is 0.346. The van der Waals surface area contributed by atoms with Crippen molar-refractivity contribution in [3.8, 4) is 0 Å². The lowest BCUT2D eigenvalue weighted by Gasteiger charge is -2.21. The molecule has 0 saturated carbocycles. The fourth-order valence-corrected chi connectivity index (χ4v) is 2.99. The summed E-state index contributed by atoms with van der Waals surface area (Å²) in [4.78, 5) is 12.0. The molecule has 1 aromatic carbocycles. The van der Waals surface area contributed by atoms with E-state index in [1.807, 2.05) is 24.3 Å². The first-order chi connectivity index (χ1) is 10.2. The Morgan fingerprint density at radius 3 is 2.32 bits per heavy atom. The molecule has 0 heterocycles. The van der Waals surface area contributed by atoms with Crippen LogP contribution in [0.3, 0.4) is 0 Å². The largest absolute Gasteiger partial charge is 0.355 e. The van der Waals surface area contributed by atoms with Crippen LogP contribution in [0.1, 0.15) is 31.7 Å². The molecular weight excluding hydrogens is 368 g/mol. The fraction of sp³-hybridized carbons (Fsp3) is 0.533. The normalized spacial score (nSPS) is 13.1. The second kappa shape index (κ2) is 8.64. The number of halogens is 1. The van der Waals surface area contributed by atoms with Gasteiger partial charge in [0.2, 0.25) is 15.9 Å². The average Bonchev–Trinajstić information content (AvgIpc) is 2.45. The molecular formula is C15H23BrN2O3S. The van der Waals surface area contributed by atoms with E-state index in [0.29, 0.717) is 12.3 Å². The molecule has 7 heteroatoms. The average molecular weight is 391 g/mol. The number of benzene rings is 1. The van der Waals surface area contributed by atoms with Gasteiger partial charge in [-0.1, -0.05) is 41.9 Å². The maximum absolute atomic E-state index is 12.0. The zero-order valence-corrected chi connectivity index (χ0v) is 15.5. The Labute approximate surface area is 141 Å². The predicted molar refractivity (Wildman–Crippen MR) is 92.2 cm³/mol. The van der Waals surface area contributed by atoms with Crippen LogP contribution >= 0.6 is 15.9 Å². The van der Waals surface area contributed by atoms with Crippen LogP contribution in [0.5, 0.6) is 0 Å². The standard InChI is InChI=1S/C15H23BrN2O3S/c1-11(2)14(12-4-6-13(16)7-5-12)10-15(19)18-8-9-22(20,21)17-3/h4-7,11,14,17H,8-10H2,1-3H3,(H,18,19). The van der Waals surface area contributed by atoms with Gasteiger partial charge in [0.15, 0.2) is 0 Å². The highest BCUT2D eigenvalue weighted by atomic mass is 79.9. The molecule has 0 saturated heterocycles. The minimum atomic E-state index is -3.29. The van der Waals surface area contributed by atoms with Gasteiger partial charge in [-0.25, -0.2) is 13.1 Å². The Morgan fingerprint density at radius 1 is 1.23 bits per heavy atom. The van der Waals surface area contributed by atoms with Gasteiger partial charge in [-0.2, -0.15) is 0 Å². The molecule has 1 amide bonds. The number of carbonyl (C=O) groups excluding carboxylic acids is 1. The van der Waals surface area contributed by atoms with Crippen molar-refractivity contribution in [3.63, 3.8) is 0 Å². The third kappa shape index (κ3) is 6.46. The van der Waals surface area contributed by atoms with Gasteiger partial charge in [0, 0.05) is 17.4 Å². The molecule has 0 bridgehead atoms. The smallest absolute Gasteiger partial charge is 0.220 e. The molecule has 0 aromatic heterocycles. The second-order valence-electron chi connectivity index (χ2n) is 5.48. The summed E-state index contributed by atoms with van der Waals surface area (Å²) in [7, 11) is -1.93. The lowest BCUT2D eigenvalue weighted by Crippen LogP contribution is -2.33. The van der Waals surface area contributed by atoms with Crippen molar-refractivity contribution < 1.29 is 13.2 Å². The number of rotatable bonds is 8. The van der Waals surface area contributed by atoms with Crippen LogP contribution in [-0.2, 0) is 14.8 Å². The fourth-order valence-electron chi connectivity index (χ4n) is 2.15. The van der Waals surface area contributed by atoms with Gasteiger partial charge in [-0.3, -0.25) is 4.79 Å². The van der Waals surface area contributed by atoms with E-state index in [4.69, 9.17) is 0 Å². The summed E-state index contributed by atoms with van der Waals surface area (Å²) in [5, 5.41) is 2.67. The highest BCUT2D eigenvalue weighted by Crippen LogP contribution is 2.28. The van der Waals surface area contributed by atoms with E-state index < -0.39 is 10.0 Å². The molecule has 0 aliphatic heterocycles. The molecule has 0 aliphatic carbocycles. The minimum Gasteiger partial charge on any atom is -0.355 e. The first-order valence-corrected chi connectivity index (χ1v) is 9.63. The summed E-state index contributed by atoms with van der Waals surface area (Å²) in [5.74, 6) is 0.176. The number of hydrogen-bond acceptors (Lipinski definition) is 3. The van der Waals surface area contributed by atoms with Gasteiger partial charge in [0.1, 0.15) is 0 Å². The van der Waals surface area contributed by atoms with E-state index in [9.17, 15) is 13.2 Å². The van der Waals surface area contributed by atoms with Crippen molar-refractivity contribution in [1.29, 1.82) is 0 Å². The zero-order chi connectivity index (χ0) is 16.8. The van der Waals surface area contributed by atoms with Crippen LogP contribution in [-0.4, -0.2) is 33.7 Å². The van der Waals surface area contributed by atoms with Crippen molar-refractivity contribution in [2.75, 3.05) is 19.3 Å². The second-order valence-corrected chi connectivity index (χ2v) is 8.44. The first-order valence-electron chi connectivity index (χ1n) is 7.18. The van der Waals surface area contributed by atoms with Gasteiger partial charge in [-0.15, -0.1) is 0 Å². The minimum absolute atomic E-state index is 0.106. The van der Waals surface area contributed by atoms with E-state index in [2.05, 4.69) is 39.8 Å². The molecule has 0 spiro atoms. The van der Waals surface area contributed by atoms with Crippen LogP contribution < -0.4 is 10.0 Å². The van der Waals surface area contributed by atoms with E-state index in [1.54, 1.807) is 0 Å². The van der Waals surface area contributed by atoms with Crippen molar-refractivity contribution in [1.82, 2.24) is 10.0 Å². The number of amides is 1. The van der Waals surface area contributed by atoms with Crippen molar-refractivity contribution in [2.45, 2.75) is 26.2 Å². The number of hydrogen-bond donors (Lipinski definition) is 2. The molecule has 0 aliphatic rings. The van der Waals surface area contributed by atoms with E-state index in [0.717, 1.165) is 10.0 Å². The molecule has 5 nitrogen and oxygen atoms in total. The Morgan fingerprint density at radius 2 is 1.82 bits per heavy atom. The molecule has 1 aromatic rings. The lowest BCUT2D eigenvalue weighted by molar-refractivity contribution is -0.121. The lowest BCUT2D eigenvalue weighted by atomic mass is 9.85. The van der Waals surface area contributed by atoms with E-state index >= 15 is 0 Å². The van der Waals surface area contributed by atoms with Crippen LogP contribution in [0, 0.1) is 5.92 Å². The molecule has 2 N–H and O–H groups in total. The number of sulfonamides is 1. The summed E-state index contributed by atoms with van der Waals surface area (Å²) in [6.45, 7) is 4.27. The summed E-state index contributed by atoms with van der Waals surface area (Å²) >= 11 is 3.40. The van der Waals surface area contributed by atoms with Crippen molar-refractivity contribution in [2.24, 2.45) is 5.92 Å². The molecule has 22 heavy (non-hydrogen) atoms. The van der Waals surface area contributed by atoms with Crippen molar-refractivity contribution in [3.05, 3.63) is 34.3 Å². The van der Waals surface area contributed by atoms with Gasteiger partial charge in [0.05, 0.1) is 5.75 Å². The summed E-state index contributed by atoms with van der Waals surface area (Å²) < 4.78 is 25.8. The van der Waals surface area contributed by atoms with Gasteiger partial charge in [-0.05, 0) is 36.6 Å². The molecule has 1 rings (SSSR count). The third-order valence-corrected chi connectivity index (χ3v) is 5.40. The maximum atomic E-state index is 12.0. The molecule has 124 valence electrons. The molecule has 0 radical (unpaired) electrons. The monoisotopic (exact) mass is 390 g/mol. The van der Waals surface area contributed by atoms with Gasteiger partial charge in [0.25, 0.3) is 0 Å². The Kier molecular flexibility index (Phi) is 7.52. The Balaban J connectivity index is 2.60. The van der Waals surface area contributed by atoms with Crippen LogP contribution in [0.15, 0.2) is 28.7 Å². The number of nitrogens with one attached hydrogen (secondary N) is 2. The highest BCUT2D eigenvalue weighted by molar-refractivity contribution is 9.10. The molecule has 0 fully saturated rings. The Hall–Kier alpha value is -0.920. The van der Waals surface area contributed by atoms with Crippen LogP contribution in [0.4, 0.5) is 0 Å². The SMILES string of the molecule is CNS(=O)(=O)CCNC(=O)CC(c1ccc(Br)cc1)C(C)C. The van der Waals surface area contributed by atoms with Crippen LogP contribution in [0.25, 0.3) is 0 Å². The first kappa shape index (κ1) is 19.1. The summed E-state index contributed by atoms with van der Waals surface area (Å²) in [6, 6.07) is 7.94. The Bertz CT molecular complexity index is 585. The molecule has 1 atom stereocenters. The van der Waals surface area contributed by atoms with Crippen LogP contribution in [0.2, 0.25) is 0 Å². The van der Waals surface area contributed by atoms with Crippen molar-refractivity contribution >= 4 is 31.9 Å². The summed E-state index contributed by atoms with van der Waals surface area (Å²) in [5.41, 5.74) is 1.11. The predicted octanol–water partition coefficient (Wildman–Crippen LogP) is 2.24. The highest BCUT2D eigenvalue weighted by Gasteiger charge is 2.19. The maximum Gasteiger partial charge on any atom is 0.220 e. The third-order valence-electron chi connectivity index (χ3n) is 3.51. The van der Waals surface area contributed by atoms with Gasteiger partial charge < -0.3 is 5.32 Å². The van der Waals surface area contributed by atoms with E-state index in [1.165, 1.54) is 7.05 Å².